The highest BCUT2D eigenvalue weighted by Crippen LogP contribution is 2.42. The molecule has 2 aliphatic rings. The summed E-state index contributed by atoms with van der Waals surface area (Å²) in [4.78, 5) is 25.2. The molecule has 0 bridgehead atoms. The third kappa shape index (κ3) is 5.32. The maximum absolute atomic E-state index is 14.5. The molecule has 1 amide bonds. The Morgan fingerprint density at radius 1 is 1.04 bits per heavy atom. The van der Waals surface area contributed by atoms with Gasteiger partial charge in [0.05, 0.1) is 37.9 Å². The van der Waals surface area contributed by atoms with Crippen molar-refractivity contribution < 1.29 is 27.4 Å². The topological polar surface area (TPSA) is 87.3 Å². The average molecular weight is 629 g/mol. The van der Waals surface area contributed by atoms with Gasteiger partial charge in [-0.25, -0.2) is 4.98 Å². The van der Waals surface area contributed by atoms with Gasteiger partial charge in [-0.2, -0.15) is 18.3 Å². The van der Waals surface area contributed by atoms with Gasteiger partial charge in [-0.1, -0.05) is 6.08 Å². The van der Waals surface area contributed by atoms with E-state index >= 15 is 0 Å². The van der Waals surface area contributed by atoms with Crippen LogP contribution in [0, 0.1) is 6.92 Å². The number of carbonyl (C=O) groups excluding carboxylic acids is 1. The van der Waals surface area contributed by atoms with E-state index in [9.17, 15) is 18.0 Å². The lowest BCUT2D eigenvalue weighted by Crippen LogP contribution is -2.38. The lowest BCUT2D eigenvalue weighted by Gasteiger charge is -2.32. The van der Waals surface area contributed by atoms with E-state index in [2.05, 4.69) is 10.1 Å². The van der Waals surface area contributed by atoms with Gasteiger partial charge >= 0.3 is 6.18 Å². The smallest absolute Gasteiger partial charge is 0.435 e. The lowest BCUT2D eigenvalue weighted by molar-refractivity contribution is -0.140. The highest BCUT2D eigenvalue weighted by atomic mass is 19.4. The Morgan fingerprint density at radius 2 is 1.87 bits per heavy atom. The second-order valence-electron chi connectivity index (χ2n) is 11.6. The van der Waals surface area contributed by atoms with Crippen LogP contribution in [0.5, 0.6) is 5.75 Å². The van der Waals surface area contributed by atoms with Gasteiger partial charge in [-0.3, -0.25) is 14.5 Å². The third-order valence-electron chi connectivity index (χ3n) is 8.51. The van der Waals surface area contributed by atoms with Crippen LogP contribution in [0.1, 0.15) is 44.9 Å². The van der Waals surface area contributed by atoms with E-state index < -0.39 is 11.9 Å². The molecule has 46 heavy (non-hydrogen) atoms. The Balaban J connectivity index is 1.40. The number of aryl methyl sites for hydroxylation is 2. The van der Waals surface area contributed by atoms with Gasteiger partial charge in [0.25, 0.3) is 5.91 Å². The molecule has 0 N–H and O–H groups in total. The zero-order valence-corrected chi connectivity index (χ0v) is 25.6. The van der Waals surface area contributed by atoms with E-state index in [0.717, 1.165) is 38.8 Å². The molecule has 0 radical (unpaired) electrons. The van der Waals surface area contributed by atoms with Crippen molar-refractivity contribution in [1.82, 2.24) is 24.3 Å². The average Bonchev–Trinajstić information content (AvgIpc) is 3.70. The lowest BCUT2D eigenvalue weighted by atomic mass is 9.87. The largest absolute Gasteiger partial charge is 0.497 e. The normalized spacial score (nSPS) is 15.3. The number of ether oxygens (including phenoxy) is 2. The summed E-state index contributed by atoms with van der Waals surface area (Å²) in [7, 11) is 3.06. The second kappa shape index (κ2) is 11.4. The minimum absolute atomic E-state index is 0.0516. The number of benzene rings is 2. The van der Waals surface area contributed by atoms with Crippen LogP contribution in [0.25, 0.3) is 27.6 Å². The summed E-state index contributed by atoms with van der Waals surface area (Å²) in [5.41, 5.74) is 5.09. The van der Waals surface area contributed by atoms with Crippen LogP contribution in [0.4, 0.5) is 18.9 Å². The van der Waals surface area contributed by atoms with Crippen molar-refractivity contribution in [2.45, 2.75) is 32.5 Å². The molecule has 0 saturated carbocycles. The number of anilines is 1. The van der Waals surface area contributed by atoms with Gasteiger partial charge < -0.3 is 18.9 Å². The number of hydrogen-bond donors (Lipinski definition) is 0. The maximum Gasteiger partial charge on any atom is 0.435 e. The second-order valence-corrected chi connectivity index (χ2v) is 11.6. The summed E-state index contributed by atoms with van der Waals surface area (Å²) in [5.74, 6) is 0.335. The molecule has 5 heterocycles. The van der Waals surface area contributed by atoms with E-state index in [4.69, 9.17) is 14.5 Å². The zero-order chi connectivity index (χ0) is 32.2. The maximum atomic E-state index is 14.5. The number of amides is 1. The minimum atomic E-state index is -4.67. The van der Waals surface area contributed by atoms with E-state index in [1.807, 2.05) is 35.8 Å². The molecule has 2 aliphatic heterocycles. The first-order valence-corrected chi connectivity index (χ1v) is 14.9. The molecule has 0 fully saturated rings. The van der Waals surface area contributed by atoms with Gasteiger partial charge in [-0.15, -0.1) is 0 Å². The zero-order valence-electron chi connectivity index (χ0n) is 25.6. The molecule has 0 saturated heterocycles. The van der Waals surface area contributed by atoms with Crippen LogP contribution in [0.15, 0.2) is 61.3 Å². The molecule has 0 spiro atoms. The molecule has 0 atom stereocenters. The Bertz CT molecular complexity index is 2010. The predicted molar refractivity (Wildman–Crippen MR) is 167 cm³/mol. The van der Waals surface area contributed by atoms with Crippen LogP contribution in [-0.4, -0.2) is 57.1 Å². The fraction of sp³-hybridized carbons (Fsp3) is 0.294. The van der Waals surface area contributed by atoms with Crippen molar-refractivity contribution in [2.24, 2.45) is 7.05 Å². The van der Waals surface area contributed by atoms with Crippen LogP contribution < -0.4 is 9.64 Å². The fourth-order valence-electron chi connectivity index (χ4n) is 6.48. The number of nitrogens with zero attached hydrogens (tertiary/aromatic N) is 6. The summed E-state index contributed by atoms with van der Waals surface area (Å²) in [6.07, 6.45) is 4.83. The molecule has 7 rings (SSSR count). The van der Waals surface area contributed by atoms with Gasteiger partial charge in [0, 0.05) is 66.5 Å². The fourth-order valence-corrected chi connectivity index (χ4v) is 6.48. The van der Waals surface area contributed by atoms with Crippen molar-refractivity contribution >= 4 is 28.1 Å². The first kappa shape index (κ1) is 29.7. The Hall–Kier alpha value is -4.97. The quantitative estimate of drug-likeness (QED) is 0.222. The van der Waals surface area contributed by atoms with E-state index in [-0.39, 0.29) is 18.0 Å². The van der Waals surface area contributed by atoms with E-state index in [1.54, 1.807) is 42.9 Å². The highest BCUT2D eigenvalue weighted by Gasteiger charge is 2.39. The van der Waals surface area contributed by atoms with Crippen molar-refractivity contribution in [3.8, 4) is 16.9 Å². The molecular weight excluding hydrogens is 597 g/mol. The number of halogens is 3. The number of pyridine rings is 1. The van der Waals surface area contributed by atoms with Gasteiger partial charge in [0.15, 0.2) is 5.69 Å². The minimum Gasteiger partial charge on any atom is -0.497 e. The summed E-state index contributed by atoms with van der Waals surface area (Å²) in [6.45, 7) is 3.58. The number of carbonyl (C=O) groups is 1. The van der Waals surface area contributed by atoms with E-state index in [0.29, 0.717) is 59.9 Å². The molecule has 5 aromatic rings. The molecular formula is C34H31F3N6O3. The van der Waals surface area contributed by atoms with Crippen molar-refractivity contribution in [3.05, 3.63) is 95.0 Å². The molecule has 9 nitrogen and oxygen atoms in total. The van der Waals surface area contributed by atoms with Crippen LogP contribution in [-0.2, 0) is 30.9 Å². The predicted octanol–water partition coefficient (Wildman–Crippen LogP) is 6.22. The van der Waals surface area contributed by atoms with Gasteiger partial charge in [0.1, 0.15) is 5.75 Å². The number of aromatic nitrogens is 5. The summed E-state index contributed by atoms with van der Waals surface area (Å²) >= 11 is 0. The first-order chi connectivity index (χ1) is 22.1. The first-order valence-electron chi connectivity index (χ1n) is 14.9. The Kier molecular flexibility index (Phi) is 7.39. The van der Waals surface area contributed by atoms with Crippen molar-refractivity contribution in [3.63, 3.8) is 0 Å². The van der Waals surface area contributed by atoms with Gasteiger partial charge in [0.2, 0.25) is 0 Å². The van der Waals surface area contributed by atoms with Crippen LogP contribution in [0.3, 0.4) is 0 Å². The molecule has 0 unspecified atom stereocenters. The van der Waals surface area contributed by atoms with Crippen molar-refractivity contribution in [1.29, 1.82) is 0 Å². The summed E-state index contributed by atoms with van der Waals surface area (Å²) in [5, 5.41) is 4.51. The molecule has 0 aliphatic carbocycles. The number of fused-ring (bicyclic) bond motifs is 2. The molecule has 3 aromatic heterocycles. The molecule has 2 aromatic carbocycles. The number of alkyl halides is 3. The number of hydrogen-bond acceptors (Lipinski definition) is 6. The highest BCUT2D eigenvalue weighted by molar-refractivity contribution is 6.14. The molecule has 12 heteroatoms. The summed E-state index contributed by atoms with van der Waals surface area (Å²) in [6, 6.07) is 9.25. The van der Waals surface area contributed by atoms with Gasteiger partial charge in [-0.05, 0) is 72.4 Å². The number of methoxy groups -OCH3 is 1. The Labute approximate surface area is 262 Å². The number of imidazole rings is 1. The van der Waals surface area contributed by atoms with E-state index in [1.165, 1.54) is 13.2 Å². The standard InChI is InChI=1S/C34H31F3N6O3/c1-20-12-30(28-16-23(45-3)15-25(31(28)39-20)22-5-10-46-11-6-22)43-8-4-24-26(29-18-41(2)40-32(29)34(35,36)37)13-21(14-27(24)33(43)44)17-42-9-7-38-19-42/h5,7,9,12-16,18-19H,4,6,8,10-11,17H2,1-3H3. The third-order valence-corrected chi connectivity index (χ3v) is 8.51. The van der Waals surface area contributed by atoms with Crippen LogP contribution >= 0.6 is 0 Å². The summed E-state index contributed by atoms with van der Waals surface area (Å²) < 4.78 is 56.7. The SMILES string of the molecule is COc1cc(C2=CCOCC2)c2nc(C)cc(N3CCc4c(cc(Cn5ccnc5)cc4-c4cn(C)nc4C(F)(F)F)C3=O)c2c1. The Morgan fingerprint density at radius 3 is 2.59 bits per heavy atom. The van der Waals surface area contributed by atoms with Crippen LogP contribution in [0.2, 0.25) is 0 Å². The van der Waals surface area contributed by atoms with Crippen molar-refractivity contribution in [2.75, 3.05) is 31.8 Å². The number of rotatable bonds is 6. The monoisotopic (exact) mass is 628 g/mol. The molecule has 236 valence electrons.